The van der Waals surface area contributed by atoms with Crippen molar-refractivity contribution in [1.82, 2.24) is 18.3 Å². The average Bonchev–Trinajstić information content (AvgIpc) is 2.73. The lowest BCUT2D eigenvalue weighted by atomic mass is 9.84. The topological polar surface area (TPSA) is 123 Å². The van der Waals surface area contributed by atoms with Gasteiger partial charge in [-0.1, -0.05) is 18.2 Å². The fraction of sp³-hybridized carbons (Fsp3) is 0.263. The van der Waals surface area contributed by atoms with Crippen LogP contribution in [-0.2, 0) is 28.2 Å². The number of hydrogen-bond donors (Lipinski definition) is 1. The summed E-state index contributed by atoms with van der Waals surface area (Å²) in [6.07, 6.45) is 0. The number of fused-ring (bicyclic) bond motifs is 2. The molecule has 29 heavy (non-hydrogen) atoms. The minimum atomic E-state index is -0.911. The number of hydrogen-bond acceptors (Lipinski definition) is 6. The average molecular weight is 397 g/mol. The molecular formula is C19H19N5O5. The van der Waals surface area contributed by atoms with E-state index in [-0.39, 0.29) is 22.8 Å². The first-order valence-corrected chi connectivity index (χ1v) is 8.78. The number of nitrogen functional groups attached to an aromatic ring is 1. The Labute approximate surface area is 163 Å². The van der Waals surface area contributed by atoms with E-state index in [1.54, 1.807) is 24.3 Å². The predicted molar refractivity (Wildman–Crippen MR) is 106 cm³/mol. The monoisotopic (exact) mass is 397 g/mol. The van der Waals surface area contributed by atoms with Gasteiger partial charge in [-0.3, -0.25) is 27.9 Å². The Kier molecular flexibility index (Phi) is 3.89. The van der Waals surface area contributed by atoms with Gasteiger partial charge < -0.3 is 10.5 Å². The second-order valence-electron chi connectivity index (χ2n) is 7.00. The lowest BCUT2D eigenvalue weighted by Crippen LogP contribution is -2.44. The number of para-hydroxylation sites is 1. The Bertz CT molecular complexity index is 1400. The standard InChI is InChI=1S/C19H19N5O5/c1-21-14(20)12(15(25)22(2)18(21)27)11-9-7-5-6-8-10(9)29-17-13(11)16(26)23(3)19(28)24(17)4/h5-8,11H,20H2,1-4H3/t11-/m0/s1. The Morgan fingerprint density at radius 3 is 2.00 bits per heavy atom. The molecule has 0 bridgehead atoms. The van der Waals surface area contributed by atoms with Crippen LogP contribution >= 0.6 is 0 Å². The van der Waals surface area contributed by atoms with Crippen LogP contribution in [0.1, 0.15) is 22.6 Å². The van der Waals surface area contributed by atoms with Gasteiger partial charge in [0.1, 0.15) is 11.6 Å². The molecule has 10 heteroatoms. The molecule has 1 atom stereocenters. The first kappa shape index (κ1) is 18.5. The molecule has 2 N–H and O–H groups in total. The van der Waals surface area contributed by atoms with E-state index >= 15 is 0 Å². The summed E-state index contributed by atoms with van der Waals surface area (Å²) in [5.41, 5.74) is 4.55. The third-order valence-electron chi connectivity index (χ3n) is 5.40. The van der Waals surface area contributed by atoms with E-state index in [9.17, 15) is 19.2 Å². The second-order valence-corrected chi connectivity index (χ2v) is 7.00. The first-order valence-electron chi connectivity index (χ1n) is 8.78. The molecule has 1 aromatic carbocycles. The van der Waals surface area contributed by atoms with E-state index in [4.69, 9.17) is 10.5 Å². The highest BCUT2D eigenvalue weighted by Gasteiger charge is 2.37. The summed E-state index contributed by atoms with van der Waals surface area (Å²) in [5.74, 6) is -0.534. The van der Waals surface area contributed by atoms with Crippen molar-refractivity contribution in [2.24, 2.45) is 28.2 Å². The molecule has 0 saturated heterocycles. The molecular weight excluding hydrogens is 378 g/mol. The third-order valence-corrected chi connectivity index (χ3v) is 5.40. The molecule has 0 radical (unpaired) electrons. The van der Waals surface area contributed by atoms with Gasteiger partial charge in [-0.15, -0.1) is 0 Å². The van der Waals surface area contributed by atoms with Crippen LogP contribution in [0.25, 0.3) is 0 Å². The summed E-state index contributed by atoms with van der Waals surface area (Å²) in [5, 5.41) is 0. The molecule has 2 aromatic heterocycles. The summed E-state index contributed by atoms with van der Waals surface area (Å²) in [7, 11) is 5.63. The van der Waals surface area contributed by atoms with Crippen LogP contribution in [0.4, 0.5) is 5.82 Å². The van der Waals surface area contributed by atoms with Crippen molar-refractivity contribution in [2.75, 3.05) is 5.73 Å². The zero-order chi connectivity index (χ0) is 21.2. The van der Waals surface area contributed by atoms with Crippen molar-refractivity contribution in [2.45, 2.75) is 5.92 Å². The number of aromatic nitrogens is 4. The first-order chi connectivity index (χ1) is 13.7. The molecule has 10 nitrogen and oxygen atoms in total. The highest BCUT2D eigenvalue weighted by Crippen LogP contribution is 2.45. The zero-order valence-corrected chi connectivity index (χ0v) is 16.3. The Hall–Kier alpha value is -3.82. The van der Waals surface area contributed by atoms with Gasteiger partial charge in [-0.05, 0) is 6.07 Å². The van der Waals surface area contributed by atoms with Crippen molar-refractivity contribution < 1.29 is 4.74 Å². The van der Waals surface area contributed by atoms with Crippen molar-refractivity contribution in [3.63, 3.8) is 0 Å². The maximum Gasteiger partial charge on any atom is 0.333 e. The number of ether oxygens (including phenoxy) is 1. The van der Waals surface area contributed by atoms with Crippen molar-refractivity contribution in [1.29, 1.82) is 0 Å². The van der Waals surface area contributed by atoms with Gasteiger partial charge in [0, 0.05) is 33.8 Å². The molecule has 150 valence electrons. The van der Waals surface area contributed by atoms with Crippen LogP contribution in [0, 0.1) is 0 Å². The normalized spacial score (nSPS) is 14.8. The quantitative estimate of drug-likeness (QED) is 0.455. The lowest BCUT2D eigenvalue weighted by molar-refractivity contribution is 0.394. The number of nitrogens with two attached hydrogens (primary N) is 1. The van der Waals surface area contributed by atoms with Crippen molar-refractivity contribution >= 4 is 5.82 Å². The summed E-state index contributed by atoms with van der Waals surface area (Å²) >= 11 is 0. The molecule has 3 heterocycles. The molecule has 1 aliphatic rings. The molecule has 3 aromatic rings. The van der Waals surface area contributed by atoms with Crippen molar-refractivity contribution in [3.8, 4) is 11.6 Å². The van der Waals surface area contributed by atoms with Gasteiger partial charge in [0.25, 0.3) is 11.1 Å². The van der Waals surface area contributed by atoms with Crippen molar-refractivity contribution in [3.05, 3.63) is 82.6 Å². The minimum absolute atomic E-state index is 0.0390. The lowest BCUT2D eigenvalue weighted by Gasteiger charge is -2.29. The Balaban J connectivity index is 2.24. The SMILES string of the molecule is Cn1c(N)c([C@@H]2c3ccccc3Oc3c2c(=O)n(C)c(=O)n3C)c(=O)n(C)c1=O. The molecule has 0 aliphatic carbocycles. The fourth-order valence-corrected chi connectivity index (χ4v) is 3.75. The van der Waals surface area contributed by atoms with Gasteiger partial charge >= 0.3 is 11.4 Å². The Morgan fingerprint density at radius 2 is 1.34 bits per heavy atom. The smallest absolute Gasteiger partial charge is 0.333 e. The Morgan fingerprint density at radius 1 is 0.793 bits per heavy atom. The van der Waals surface area contributed by atoms with E-state index in [0.29, 0.717) is 11.3 Å². The number of anilines is 1. The molecule has 0 amide bonds. The van der Waals surface area contributed by atoms with Crippen LogP contribution in [0.3, 0.4) is 0 Å². The molecule has 0 spiro atoms. The molecule has 0 fully saturated rings. The molecule has 0 saturated carbocycles. The maximum atomic E-state index is 13.1. The van der Waals surface area contributed by atoms with Crippen LogP contribution in [0.15, 0.2) is 43.4 Å². The molecule has 4 rings (SSSR count). The van der Waals surface area contributed by atoms with E-state index < -0.39 is 28.4 Å². The second kappa shape index (κ2) is 6.09. The van der Waals surface area contributed by atoms with E-state index in [2.05, 4.69) is 0 Å². The fourth-order valence-electron chi connectivity index (χ4n) is 3.75. The van der Waals surface area contributed by atoms with Crippen LogP contribution in [0.5, 0.6) is 11.6 Å². The van der Waals surface area contributed by atoms with Gasteiger partial charge in [-0.2, -0.15) is 0 Å². The summed E-state index contributed by atoms with van der Waals surface area (Å²) in [4.78, 5) is 50.9. The molecule has 0 unspecified atom stereocenters. The predicted octanol–water partition coefficient (Wildman–Crippen LogP) is -0.650. The summed E-state index contributed by atoms with van der Waals surface area (Å²) in [6.45, 7) is 0. The van der Waals surface area contributed by atoms with Gasteiger partial charge in [0.15, 0.2) is 0 Å². The highest BCUT2D eigenvalue weighted by molar-refractivity contribution is 5.59. The van der Waals surface area contributed by atoms with Gasteiger partial charge in [0.2, 0.25) is 5.88 Å². The van der Waals surface area contributed by atoms with E-state index in [1.807, 2.05) is 0 Å². The summed E-state index contributed by atoms with van der Waals surface area (Å²) in [6, 6.07) is 6.88. The largest absolute Gasteiger partial charge is 0.440 e. The van der Waals surface area contributed by atoms with Crippen LogP contribution in [-0.4, -0.2) is 18.3 Å². The number of nitrogens with zero attached hydrogens (tertiary/aromatic N) is 4. The van der Waals surface area contributed by atoms with Crippen LogP contribution in [0.2, 0.25) is 0 Å². The van der Waals surface area contributed by atoms with Gasteiger partial charge in [0.05, 0.1) is 17.0 Å². The third kappa shape index (κ3) is 2.35. The highest BCUT2D eigenvalue weighted by atomic mass is 16.5. The van der Waals surface area contributed by atoms with E-state index in [0.717, 1.165) is 13.7 Å². The van der Waals surface area contributed by atoms with Gasteiger partial charge in [-0.25, -0.2) is 9.59 Å². The minimum Gasteiger partial charge on any atom is -0.440 e. The van der Waals surface area contributed by atoms with E-state index in [1.165, 1.54) is 32.8 Å². The summed E-state index contributed by atoms with van der Waals surface area (Å²) < 4.78 is 10.1. The van der Waals surface area contributed by atoms with Crippen LogP contribution < -0.4 is 33.0 Å². The number of benzene rings is 1. The number of rotatable bonds is 1. The molecule has 1 aliphatic heterocycles. The zero-order valence-electron chi connectivity index (χ0n) is 16.3. The maximum absolute atomic E-state index is 13.1.